The number of rotatable bonds is 5. The molecule has 8 heteroatoms. The van der Waals surface area contributed by atoms with Gasteiger partial charge in [0.15, 0.2) is 11.6 Å². The molecule has 1 amide bonds. The number of amides is 1. The maximum Gasteiger partial charge on any atom is 0.253 e. The van der Waals surface area contributed by atoms with Crippen molar-refractivity contribution in [3.63, 3.8) is 0 Å². The standard InChI is InChI=1S/C22H25N7O/c1-27(2)18-8-6-17(7-9-18)22(30)29-15-13-28(14-16-29)21-11-10-20(25-26-21)24-19-5-3-4-12-23-19/h3-12H,13-16H2,1-2H3,(H,23,24,25). The Labute approximate surface area is 176 Å². The molecule has 3 heterocycles. The Kier molecular flexibility index (Phi) is 5.74. The average Bonchev–Trinajstić information content (AvgIpc) is 2.80. The Morgan fingerprint density at radius 1 is 0.900 bits per heavy atom. The molecule has 0 bridgehead atoms. The van der Waals surface area contributed by atoms with Crippen molar-refractivity contribution < 1.29 is 4.79 Å². The number of piperazine rings is 1. The molecule has 1 N–H and O–H groups in total. The van der Waals surface area contributed by atoms with Crippen LogP contribution in [0, 0.1) is 0 Å². The smallest absolute Gasteiger partial charge is 0.253 e. The van der Waals surface area contributed by atoms with Crippen LogP contribution in [-0.4, -0.2) is 66.3 Å². The van der Waals surface area contributed by atoms with Gasteiger partial charge in [0.05, 0.1) is 0 Å². The van der Waals surface area contributed by atoms with Crippen molar-refractivity contribution in [2.24, 2.45) is 0 Å². The van der Waals surface area contributed by atoms with Gasteiger partial charge in [-0.3, -0.25) is 4.79 Å². The molecule has 1 aliphatic rings. The molecule has 3 aromatic rings. The number of benzene rings is 1. The quantitative estimate of drug-likeness (QED) is 0.702. The van der Waals surface area contributed by atoms with Gasteiger partial charge in [0.25, 0.3) is 5.91 Å². The van der Waals surface area contributed by atoms with Crippen LogP contribution >= 0.6 is 0 Å². The predicted octanol–water partition coefficient (Wildman–Crippen LogP) is 2.64. The van der Waals surface area contributed by atoms with E-state index in [2.05, 4.69) is 25.4 Å². The van der Waals surface area contributed by atoms with E-state index in [0.29, 0.717) is 18.9 Å². The fourth-order valence-electron chi connectivity index (χ4n) is 3.35. The number of anilines is 4. The molecule has 1 fully saturated rings. The van der Waals surface area contributed by atoms with Crippen molar-refractivity contribution in [3.05, 3.63) is 66.4 Å². The molecule has 0 spiro atoms. The van der Waals surface area contributed by atoms with Crippen molar-refractivity contribution >= 4 is 29.0 Å². The molecule has 8 nitrogen and oxygen atoms in total. The number of hydrogen-bond acceptors (Lipinski definition) is 7. The Hall–Kier alpha value is -3.68. The number of carbonyl (C=O) groups excluding carboxylic acids is 1. The normalized spacial score (nSPS) is 13.8. The first-order valence-corrected chi connectivity index (χ1v) is 9.93. The number of carbonyl (C=O) groups is 1. The Bertz CT molecular complexity index is 967. The first-order chi connectivity index (χ1) is 14.6. The third-order valence-electron chi connectivity index (χ3n) is 5.09. The zero-order valence-electron chi connectivity index (χ0n) is 17.2. The third kappa shape index (κ3) is 4.48. The highest BCUT2D eigenvalue weighted by Gasteiger charge is 2.23. The molecular formula is C22H25N7O. The van der Waals surface area contributed by atoms with Gasteiger partial charge in [-0.15, -0.1) is 10.2 Å². The molecule has 4 rings (SSSR count). The molecule has 154 valence electrons. The molecule has 0 aliphatic carbocycles. The Morgan fingerprint density at radius 3 is 2.27 bits per heavy atom. The summed E-state index contributed by atoms with van der Waals surface area (Å²) in [6.07, 6.45) is 1.72. The van der Waals surface area contributed by atoms with Crippen LogP contribution in [0.4, 0.5) is 23.1 Å². The van der Waals surface area contributed by atoms with E-state index in [1.807, 2.05) is 78.5 Å². The lowest BCUT2D eigenvalue weighted by molar-refractivity contribution is 0.0746. The van der Waals surface area contributed by atoms with Crippen LogP contribution in [0.15, 0.2) is 60.8 Å². The van der Waals surface area contributed by atoms with Gasteiger partial charge >= 0.3 is 0 Å². The summed E-state index contributed by atoms with van der Waals surface area (Å²) >= 11 is 0. The monoisotopic (exact) mass is 403 g/mol. The molecule has 1 aromatic carbocycles. The van der Waals surface area contributed by atoms with E-state index >= 15 is 0 Å². The number of pyridine rings is 1. The van der Waals surface area contributed by atoms with Gasteiger partial charge in [-0.25, -0.2) is 4.98 Å². The fourth-order valence-corrected chi connectivity index (χ4v) is 3.35. The van der Waals surface area contributed by atoms with Crippen LogP contribution in [-0.2, 0) is 0 Å². The van der Waals surface area contributed by atoms with E-state index in [1.165, 1.54) is 0 Å². The van der Waals surface area contributed by atoms with E-state index in [0.717, 1.165) is 36.0 Å². The first-order valence-electron chi connectivity index (χ1n) is 9.93. The fraction of sp³-hybridized carbons (Fsp3) is 0.273. The van der Waals surface area contributed by atoms with Gasteiger partial charge in [-0.1, -0.05) is 6.07 Å². The second kappa shape index (κ2) is 8.77. The van der Waals surface area contributed by atoms with E-state index in [4.69, 9.17) is 0 Å². The highest BCUT2D eigenvalue weighted by molar-refractivity contribution is 5.94. The van der Waals surface area contributed by atoms with Crippen LogP contribution in [0.3, 0.4) is 0 Å². The van der Waals surface area contributed by atoms with Gasteiger partial charge in [0.1, 0.15) is 5.82 Å². The maximum atomic E-state index is 12.8. The highest BCUT2D eigenvalue weighted by Crippen LogP contribution is 2.18. The first kappa shape index (κ1) is 19.6. The summed E-state index contributed by atoms with van der Waals surface area (Å²) in [5.74, 6) is 2.25. The number of hydrogen-bond donors (Lipinski definition) is 1. The Balaban J connectivity index is 1.33. The Morgan fingerprint density at radius 2 is 1.67 bits per heavy atom. The van der Waals surface area contributed by atoms with Crippen molar-refractivity contribution in [2.75, 3.05) is 55.4 Å². The zero-order chi connectivity index (χ0) is 20.9. The summed E-state index contributed by atoms with van der Waals surface area (Å²) < 4.78 is 0. The molecular weight excluding hydrogens is 378 g/mol. The molecule has 0 radical (unpaired) electrons. The maximum absolute atomic E-state index is 12.8. The third-order valence-corrected chi connectivity index (χ3v) is 5.09. The SMILES string of the molecule is CN(C)c1ccc(C(=O)N2CCN(c3ccc(Nc4ccccn4)nn3)CC2)cc1. The number of aromatic nitrogens is 3. The number of nitrogens with zero attached hydrogens (tertiary/aromatic N) is 6. The lowest BCUT2D eigenvalue weighted by Gasteiger charge is -2.35. The molecule has 1 aliphatic heterocycles. The second-order valence-corrected chi connectivity index (χ2v) is 7.34. The van der Waals surface area contributed by atoms with E-state index in [1.54, 1.807) is 6.20 Å². The summed E-state index contributed by atoms with van der Waals surface area (Å²) in [6, 6.07) is 17.2. The van der Waals surface area contributed by atoms with Crippen LogP contribution in [0.2, 0.25) is 0 Å². The lowest BCUT2D eigenvalue weighted by Crippen LogP contribution is -2.49. The van der Waals surface area contributed by atoms with Gasteiger partial charge in [-0.2, -0.15) is 0 Å². The van der Waals surface area contributed by atoms with Crippen molar-refractivity contribution in [1.29, 1.82) is 0 Å². The molecule has 0 unspecified atom stereocenters. The minimum Gasteiger partial charge on any atom is -0.378 e. The second-order valence-electron chi connectivity index (χ2n) is 7.34. The summed E-state index contributed by atoms with van der Waals surface area (Å²) in [4.78, 5) is 23.1. The lowest BCUT2D eigenvalue weighted by atomic mass is 10.1. The van der Waals surface area contributed by atoms with Crippen LogP contribution in [0.5, 0.6) is 0 Å². The molecule has 0 saturated carbocycles. The van der Waals surface area contributed by atoms with Crippen LogP contribution in [0.1, 0.15) is 10.4 Å². The zero-order valence-corrected chi connectivity index (χ0v) is 17.2. The van der Waals surface area contributed by atoms with E-state index < -0.39 is 0 Å². The number of nitrogens with one attached hydrogen (secondary N) is 1. The average molecular weight is 403 g/mol. The molecule has 0 atom stereocenters. The molecule has 2 aromatic heterocycles. The summed E-state index contributed by atoms with van der Waals surface area (Å²) in [5.41, 5.74) is 1.80. The van der Waals surface area contributed by atoms with Gasteiger partial charge in [0, 0.05) is 57.7 Å². The van der Waals surface area contributed by atoms with Crippen molar-refractivity contribution in [1.82, 2.24) is 20.1 Å². The topological polar surface area (TPSA) is 77.5 Å². The minimum atomic E-state index is 0.0703. The van der Waals surface area contributed by atoms with Gasteiger partial charge < -0.3 is 20.0 Å². The highest BCUT2D eigenvalue weighted by atomic mass is 16.2. The van der Waals surface area contributed by atoms with Crippen LogP contribution < -0.4 is 15.1 Å². The van der Waals surface area contributed by atoms with Gasteiger partial charge in [0.2, 0.25) is 0 Å². The summed E-state index contributed by atoms with van der Waals surface area (Å²) in [6.45, 7) is 2.76. The molecule has 1 saturated heterocycles. The predicted molar refractivity (Wildman–Crippen MR) is 118 cm³/mol. The van der Waals surface area contributed by atoms with E-state index in [9.17, 15) is 4.79 Å². The summed E-state index contributed by atoms with van der Waals surface area (Å²) in [7, 11) is 3.97. The van der Waals surface area contributed by atoms with Crippen molar-refractivity contribution in [2.45, 2.75) is 0 Å². The molecule has 30 heavy (non-hydrogen) atoms. The minimum absolute atomic E-state index is 0.0703. The van der Waals surface area contributed by atoms with Gasteiger partial charge in [-0.05, 0) is 48.5 Å². The van der Waals surface area contributed by atoms with Crippen LogP contribution in [0.25, 0.3) is 0 Å². The largest absolute Gasteiger partial charge is 0.378 e. The summed E-state index contributed by atoms with van der Waals surface area (Å²) in [5, 5.41) is 11.7. The van der Waals surface area contributed by atoms with Crippen molar-refractivity contribution in [3.8, 4) is 0 Å². The van der Waals surface area contributed by atoms with E-state index in [-0.39, 0.29) is 5.91 Å².